The van der Waals surface area contributed by atoms with Crippen LogP contribution in [-0.2, 0) is 0 Å². The summed E-state index contributed by atoms with van der Waals surface area (Å²) in [5.74, 6) is 0. The molecule has 0 aromatic rings. The molecule has 19 heavy (non-hydrogen) atoms. The van der Waals surface area contributed by atoms with Crippen LogP contribution in [0, 0.1) is 0 Å². The molecule has 0 radical (unpaired) electrons. The van der Waals surface area contributed by atoms with E-state index in [9.17, 15) is 0 Å². The van der Waals surface area contributed by atoms with Crippen molar-refractivity contribution in [2.24, 2.45) is 0 Å². The van der Waals surface area contributed by atoms with Crippen molar-refractivity contribution in [2.45, 2.75) is 111 Å². The molecule has 0 rings (SSSR count). The first-order chi connectivity index (χ1) is 9.17. The fourth-order valence-electron chi connectivity index (χ4n) is 3.12. The molecule has 0 heterocycles. The summed E-state index contributed by atoms with van der Waals surface area (Å²) in [6.45, 7) is 13.0. The Labute approximate surface area is 123 Å². The SMILES string of the molecule is CCCCCCC(C)N(CC)C(C)CCCCCC. The molecule has 0 amide bonds. The molecular weight excluding hydrogens is 230 g/mol. The van der Waals surface area contributed by atoms with E-state index in [4.69, 9.17) is 0 Å². The lowest BCUT2D eigenvalue weighted by molar-refractivity contribution is 0.143. The van der Waals surface area contributed by atoms with Gasteiger partial charge in [-0.2, -0.15) is 0 Å². The molecule has 0 bridgehead atoms. The van der Waals surface area contributed by atoms with Gasteiger partial charge >= 0.3 is 0 Å². The molecule has 1 heteroatoms. The fraction of sp³-hybridized carbons (Fsp3) is 1.00. The molecule has 2 unspecified atom stereocenters. The Morgan fingerprint density at radius 3 is 1.37 bits per heavy atom. The van der Waals surface area contributed by atoms with Gasteiger partial charge in [0.05, 0.1) is 0 Å². The third-order valence-corrected chi connectivity index (χ3v) is 4.45. The molecule has 0 saturated heterocycles. The highest BCUT2D eigenvalue weighted by Gasteiger charge is 2.17. The van der Waals surface area contributed by atoms with Gasteiger partial charge in [0.2, 0.25) is 0 Å². The zero-order valence-electron chi connectivity index (χ0n) is 14.4. The summed E-state index contributed by atoms with van der Waals surface area (Å²) in [5, 5.41) is 0. The van der Waals surface area contributed by atoms with E-state index in [2.05, 4.69) is 39.5 Å². The van der Waals surface area contributed by atoms with Crippen molar-refractivity contribution in [1.82, 2.24) is 4.90 Å². The average Bonchev–Trinajstić information content (AvgIpc) is 2.40. The molecular formula is C18H39N. The topological polar surface area (TPSA) is 3.24 Å². The Balaban J connectivity index is 3.87. The molecule has 116 valence electrons. The third kappa shape index (κ3) is 9.49. The highest BCUT2D eigenvalue weighted by molar-refractivity contribution is 4.73. The second-order valence-corrected chi connectivity index (χ2v) is 6.23. The van der Waals surface area contributed by atoms with Crippen LogP contribution < -0.4 is 0 Å². The van der Waals surface area contributed by atoms with E-state index in [1.54, 1.807) is 0 Å². The Bertz CT molecular complexity index is 161. The number of nitrogens with zero attached hydrogens (tertiary/aromatic N) is 1. The minimum absolute atomic E-state index is 0.767. The van der Waals surface area contributed by atoms with Gasteiger partial charge in [-0.1, -0.05) is 72.1 Å². The molecule has 1 nitrogen and oxygen atoms in total. The van der Waals surface area contributed by atoms with Crippen LogP contribution in [0.4, 0.5) is 0 Å². The van der Waals surface area contributed by atoms with Gasteiger partial charge < -0.3 is 0 Å². The quantitative estimate of drug-likeness (QED) is 0.369. The van der Waals surface area contributed by atoms with Gasteiger partial charge in [-0.3, -0.25) is 4.90 Å². The van der Waals surface area contributed by atoms with Crippen LogP contribution in [0.25, 0.3) is 0 Å². The minimum atomic E-state index is 0.767. The molecule has 0 aliphatic rings. The number of hydrogen-bond acceptors (Lipinski definition) is 1. The lowest BCUT2D eigenvalue weighted by atomic mass is 10.0. The van der Waals surface area contributed by atoms with Gasteiger partial charge in [0.1, 0.15) is 0 Å². The summed E-state index contributed by atoms with van der Waals surface area (Å²) in [4.78, 5) is 2.72. The Morgan fingerprint density at radius 1 is 0.632 bits per heavy atom. The molecule has 0 aromatic carbocycles. The predicted octanol–water partition coefficient (Wildman–Crippen LogP) is 6.03. The van der Waals surface area contributed by atoms with E-state index >= 15 is 0 Å². The highest BCUT2D eigenvalue weighted by atomic mass is 15.2. The maximum absolute atomic E-state index is 2.72. The van der Waals surface area contributed by atoms with Crippen molar-refractivity contribution in [3.05, 3.63) is 0 Å². The molecule has 0 aliphatic heterocycles. The van der Waals surface area contributed by atoms with Crippen LogP contribution in [-0.4, -0.2) is 23.5 Å². The number of rotatable bonds is 13. The van der Waals surface area contributed by atoms with Crippen molar-refractivity contribution >= 4 is 0 Å². The van der Waals surface area contributed by atoms with Crippen molar-refractivity contribution in [2.75, 3.05) is 6.54 Å². The first-order valence-electron chi connectivity index (χ1n) is 8.93. The van der Waals surface area contributed by atoms with Gasteiger partial charge in [0.15, 0.2) is 0 Å². The molecule has 2 atom stereocenters. The lowest BCUT2D eigenvalue weighted by Gasteiger charge is -2.34. The van der Waals surface area contributed by atoms with E-state index in [1.165, 1.54) is 70.8 Å². The van der Waals surface area contributed by atoms with Gasteiger partial charge in [-0.05, 0) is 33.2 Å². The standard InChI is InChI=1S/C18H39N/c1-6-9-11-13-15-17(4)19(8-3)18(5)16-14-12-10-7-2/h17-18H,6-16H2,1-5H3. The monoisotopic (exact) mass is 269 g/mol. The molecule has 0 spiro atoms. The molecule has 0 aromatic heterocycles. The van der Waals surface area contributed by atoms with Crippen molar-refractivity contribution < 1.29 is 0 Å². The molecule has 0 fully saturated rings. The Hall–Kier alpha value is -0.0400. The van der Waals surface area contributed by atoms with Crippen LogP contribution in [0.2, 0.25) is 0 Å². The van der Waals surface area contributed by atoms with Gasteiger partial charge in [-0.25, -0.2) is 0 Å². The Morgan fingerprint density at radius 2 is 1.05 bits per heavy atom. The summed E-state index contributed by atoms with van der Waals surface area (Å²) in [5.41, 5.74) is 0. The van der Waals surface area contributed by atoms with Crippen molar-refractivity contribution in [1.29, 1.82) is 0 Å². The normalized spacial score (nSPS) is 14.8. The van der Waals surface area contributed by atoms with E-state index in [0.717, 1.165) is 12.1 Å². The van der Waals surface area contributed by atoms with E-state index in [0.29, 0.717) is 0 Å². The van der Waals surface area contributed by atoms with E-state index in [-0.39, 0.29) is 0 Å². The lowest BCUT2D eigenvalue weighted by Crippen LogP contribution is -2.40. The Kier molecular flexibility index (Phi) is 12.9. The van der Waals surface area contributed by atoms with Crippen LogP contribution in [0.5, 0.6) is 0 Å². The second-order valence-electron chi connectivity index (χ2n) is 6.23. The zero-order valence-corrected chi connectivity index (χ0v) is 14.4. The fourth-order valence-corrected chi connectivity index (χ4v) is 3.12. The summed E-state index contributed by atoms with van der Waals surface area (Å²) in [7, 11) is 0. The molecule has 0 aliphatic carbocycles. The second kappa shape index (κ2) is 13.0. The minimum Gasteiger partial charge on any atom is -0.298 e. The zero-order chi connectivity index (χ0) is 14.5. The van der Waals surface area contributed by atoms with Gasteiger partial charge in [0, 0.05) is 12.1 Å². The number of unbranched alkanes of at least 4 members (excludes halogenated alkanes) is 6. The van der Waals surface area contributed by atoms with E-state index < -0.39 is 0 Å². The van der Waals surface area contributed by atoms with Crippen molar-refractivity contribution in [3.63, 3.8) is 0 Å². The smallest absolute Gasteiger partial charge is 0.00696 e. The van der Waals surface area contributed by atoms with Crippen LogP contribution >= 0.6 is 0 Å². The first kappa shape index (κ1) is 19.0. The predicted molar refractivity (Wildman–Crippen MR) is 88.8 cm³/mol. The van der Waals surface area contributed by atoms with Gasteiger partial charge in [-0.15, -0.1) is 0 Å². The van der Waals surface area contributed by atoms with E-state index in [1.807, 2.05) is 0 Å². The highest BCUT2D eigenvalue weighted by Crippen LogP contribution is 2.17. The van der Waals surface area contributed by atoms with Crippen LogP contribution in [0.1, 0.15) is 98.8 Å². The summed E-state index contributed by atoms with van der Waals surface area (Å²) >= 11 is 0. The molecule has 0 N–H and O–H groups in total. The maximum Gasteiger partial charge on any atom is 0.00696 e. The van der Waals surface area contributed by atoms with Crippen LogP contribution in [0.15, 0.2) is 0 Å². The van der Waals surface area contributed by atoms with Crippen molar-refractivity contribution in [3.8, 4) is 0 Å². The number of hydrogen-bond donors (Lipinski definition) is 0. The maximum atomic E-state index is 2.72. The largest absolute Gasteiger partial charge is 0.298 e. The average molecular weight is 270 g/mol. The van der Waals surface area contributed by atoms with Crippen LogP contribution in [0.3, 0.4) is 0 Å². The third-order valence-electron chi connectivity index (χ3n) is 4.45. The first-order valence-corrected chi connectivity index (χ1v) is 8.93. The van der Waals surface area contributed by atoms with Gasteiger partial charge in [0.25, 0.3) is 0 Å². The summed E-state index contributed by atoms with van der Waals surface area (Å²) in [6, 6.07) is 1.53. The summed E-state index contributed by atoms with van der Waals surface area (Å²) < 4.78 is 0. The molecule has 0 saturated carbocycles. The summed E-state index contributed by atoms with van der Waals surface area (Å²) in [6.07, 6.45) is 13.9.